The van der Waals surface area contributed by atoms with Crippen molar-refractivity contribution in [3.63, 3.8) is 0 Å². The second-order valence-corrected chi connectivity index (χ2v) is 5.78. The van der Waals surface area contributed by atoms with Gasteiger partial charge in [-0.25, -0.2) is 0 Å². The number of hydrogen-bond donors (Lipinski definition) is 0. The summed E-state index contributed by atoms with van der Waals surface area (Å²) >= 11 is 0. The van der Waals surface area contributed by atoms with E-state index in [1.165, 1.54) is 12.0 Å². The predicted octanol–water partition coefficient (Wildman–Crippen LogP) is 3.79. The first-order valence-electron chi connectivity index (χ1n) is 7.68. The van der Waals surface area contributed by atoms with Gasteiger partial charge < -0.3 is 9.47 Å². The summed E-state index contributed by atoms with van der Waals surface area (Å²) in [4.78, 5) is 2.48. The van der Waals surface area contributed by atoms with Gasteiger partial charge in [-0.1, -0.05) is 61.7 Å². The summed E-state index contributed by atoms with van der Waals surface area (Å²) in [7, 11) is 0.130. The minimum atomic E-state index is -0.423. The Kier molecular flexibility index (Phi) is 3.88. The van der Waals surface area contributed by atoms with E-state index in [2.05, 4.69) is 49.1 Å². The van der Waals surface area contributed by atoms with Crippen LogP contribution in [0, 0.1) is 0 Å². The molecule has 2 unspecified atom stereocenters. The van der Waals surface area contributed by atoms with E-state index in [1.807, 2.05) is 24.3 Å². The predicted molar refractivity (Wildman–Crippen MR) is 89.0 cm³/mol. The maximum Gasteiger partial charge on any atom is 0.380 e. The topological polar surface area (TPSA) is 12.5 Å². The van der Waals surface area contributed by atoms with Crippen LogP contribution in [-0.4, -0.2) is 24.4 Å². The van der Waals surface area contributed by atoms with E-state index in [0.29, 0.717) is 6.04 Å². The summed E-state index contributed by atoms with van der Waals surface area (Å²) in [6.45, 7) is 11.1. The zero-order valence-corrected chi connectivity index (χ0v) is 12.7. The normalized spacial score (nSPS) is 29.5. The molecule has 2 aliphatic rings. The van der Waals surface area contributed by atoms with Crippen LogP contribution >= 0.6 is 0 Å². The SMILES string of the molecule is C=C/C=C(\C=C)C1(c2ccccc2)OB(C)N2CCCC21. The highest BCUT2D eigenvalue weighted by atomic mass is 16.5. The molecule has 0 N–H and O–H groups in total. The average molecular weight is 279 g/mol. The molecule has 0 amide bonds. The number of fused-ring (bicyclic) bond motifs is 1. The molecule has 2 heterocycles. The second kappa shape index (κ2) is 5.66. The van der Waals surface area contributed by atoms with Crippen molar-refractivity contribution < 1.29 is 4.65 Å². The van der Waals surface area contributed by atoms with Crippen molar-refractivity contribution in [1.82, 2.24) is 4.81 Å². The lowest BCUT2D eigenvalue weighted by Gasteiger charge is -2.37. The van der Waals surface area contributed by atoms with Gasteiger partial charge in [-0.05, 0) is 37.3 Å². The summed E-state index contributed by atoms with van der Waals surface area (Å²) in [6, 6.07) is 10.9. The van der Waals surface area contributed by atoms with Crippen LogP contribution < -0.4 is 0 Å². The van der Waals surface area contributed by atoms with Crippen LogP contribution in [0.25, 0.3) is 0 Å². The molecule has 1 aromatic carbocycles. The Morgan fingerprint density at radius 1 is 1.38 bits per heavy atom. The standard InChI is InChI=1S/C18H22BNO/c1-4-10-15(5-2)18(16-11-7-6-8-12-16)17-13-9-14-20(17)19(3)21-18/h4-8,10-12,17H,1-2,9,13-14H2,3H3/b15-10+. The highest BCUT2D eigenvalue weighted by Gasteiger charge is 2.56. The quantitative estimate of drug-likeness (QED) is 0.614. The Morgan fingerprint density at radius 2 is 2.14 bits per heavy atom. The molecule has 0 bridgehead atoms. The first-order valence-corrected chi connectivity index (χ1v) is 7.68. The fraction of sp³-hybridized carbons (Fsp3) is 0.333. The third kappa shape index (κ3) is 2.12. The molecular formula is C18H22BNO. The highest BCUT2D eigenvalue weighted by Crippen LogP contribution is 2.49. The molecule has 21 heavy (non-hydrogen) atoms. The van der Waals surface area contributed by atoms with Gasteiger partial charge in [-0.15, -0.1) is 0 Å². The number of hydrogen-bond acceptors (Lipinski definition) is 2. The largest absolute Gasteiger partial charge is 0.406 e. The number of allylic oxidation sites excluding steroid dienone is 2. The molecule has 0 spiro atoms. The first kappa shape index (κ1) is 14.4. The van der Waals surface area contributed by atoms with Gasteiger partial charge in [0.05, 0.1) is 0 Å². The Morgan fingerprint density at radius 3 is 2.81 bits per heavy atom. The lowest BCUT2D eigenvalue weighted by molar-refractivity contribution is 0.105. The second-order valence-electron chi connectivity index (χ2n) is 5.78. The van der Waals surface area contributed by atoms with E-state index < -0.39 is 5.60 Å². The van der Waals surface area contributed by atoms with E-state index in [4.69, 9.17) is 4.65 Å². The minimum absolute atomic E-state index is 0.130. The average Bonchev–Trinajstić information content (AvgIpc) is 3.10. The molecular weight excluding hydrogens is 257 g/mol. The van der Waals surface area contributed by atoms with Gasteiger partial charge >= 0.3 is 7.05 Å². The van der Waals surface area contributed by atoms with Crippen LogP contribution in [0.15, 0.2) is 67.3 Å². The van der Waals surface area contributed by atoms with Crippen molar-refractivity contribution >= 4 is 7.05 Å². The van der Waals surface area contributed by atoms with Crippen molar-refractivity contribution in [1.29, 1.82) is 0 Å². The first-order chi connectivity index (χ1) is 10.2. The van der Waals surface area contributed by atoms with Crippen molar-refractivity contribution in [2.45, 2.75) is 31.3 Å². The van der Waals surface area contributed by atoms with Gasteiger partial charge in [0.25, 0.3) is 0 Å². The molecule has 2 atom stereocenters. The van der Waals surface area contributed by atoms with Gasteiger partial charge in [-0.2, -0.15) is 0 Å². The van der Waals surface area contributed by atoms with E-state index in [9.17, 15) is 0 Å². The molecule has 0 aromatic heterocycles. The Hall–Kier alpha value is -1.58. The van der Waals surface area contributed by atoms with Crippen LogP contribution in [0.3, 0.4) is 0 Å². The number of nitrogens with zero attached hydrogens (tertiary/aromatic N) is 1. The number of rotatable bonds is 4. The third-order valence-corrected chi connectivity index (χ3v) is 4.74. The Balaban J connectivity index is 2.18. The van der Waals surface area contributed by atoms with Gasteiger partial charge in [0.15, 0.2) is 0 Å². The lowest BCUT2D eigenvalue weighted by atomic mass is 9.79. The van der Waals surface area contributed by atoms with Crippen molar-refractivity contribution in [3.05, 3.63) is 72.9 Å². The smallest absolute Gasteiger partial charge is 0.380 e. The van der Waals surface area contributed by atoms with Gasteiger partial charge in [0.2, 0.25) is 0 Å². The molecule has 108 valence electrons. The van der Waals surface area contributed by atoms with Crippen molar-refractivity contribution in [2.24, 2.45) is 0 Å². The highest BCUT2D eigenvalue weighted by molar-refractivity contribution is 6.48. The van der Waals surface area contributed by atoms with Crippen LogP contribution in [0.5, 0.6) is 0 Å². The summed E-state index contributed by atoms with van der Waals surface area (Å²) in [5, 5.41) is 0. The van der Waals surface area contributed by atoms with Crippen LogP contribution in [0.4, 0.5) is 0 Å². The lowest BCUT2D eigenvalue weighted by Crippen LogP contribution is -2.41. The fourth-order valence-electron chi connectivity index (χ4n) is 3.92. The maximum absolute atomic E-state index is 6.55. The minimum Gasteiger partial charge on any atom is -0.406 e. The molecule has 0 aliphatic carbocycles. The Labute approximate surface area is 127 Å². The zero-order valence-electron chi connectivity index (χ0n) is 12.7. The monoisotopic (exact) mass is 279 g/mol. The molecule has 2 nitrogen and oxygen atoms in total. The van der Waals surface area contributed by atoms with Crippen molar-refractivity contribution in [3.8, 4) is 0 Å². The van der Waals surface area contributed by atoms with Crippen LogP contribution in [0.1, 0.15) is 18.4 Å². The van der Waals surface area contributed by atoms with Crippen LogP contribution in [0.2, 0.25) is 6.82 Å². The molecule has 1 aromatic rings. The van der Waals surface area contributed by atoms with Crippen LogP contribution in [-0.2, 0) is 10.3 Å². The Bertz CT molecular complexity index is 568. The summed E-state index contributed by atoms with van der Waals surface area (Å²) in [6.07, 6.45) is 8.16. The van der Waals surface area contributed by atoms with Gasteiger partial charge in [-0.3, -0.25) is 0 Å². The van der Waals surface area contributed by atoms with Gasteiger partial charge in [0, 0.05) is 6.04 Å². The molecule has 0 radical (unpaired) electrons. The van der Waals surface area contributed by atoms with Crippen molar-refractivity contribution in [2.75, 3.05) is 6.54 Å². The van der Waals surface area contributed by atoms with E-state index in [1.54, 1.807) is 0 Å². The molecule has 2 saturated heterocycles. The summed E-state index contributed by atoms with van der Waals surface area (Å²) < 4.78 is 6.55. The summed E-state index contributed by atoms with van der Waals surface area (Å²) in [5.41, 5.74) is 1.89. The molecule has 2 fully saturated rings. The summed E-state index contributed by atoms with van der Waals surface area (Å²) in [5.74, 6) is 0. The zero-order chi connectivity index (χ0) is 14.9. The third-order valence-electron chi connectivity index (χ3n) is 4.74. The fourth-order valence-corrected chi connectivity index (χ4v) is 3.92. The maximum atomic E-state index is 6.55. The van der Waals surface area contributed by atoms with E-state index >= 15 is 0 Å². The molecule has 3 heteroatoms. The molecule has 3 rings (SSSR count). The molecule has 2 aliphatic heterocycles. The van der Waals surface area contributed by atoms with Gasteiger partial charge in [0.1, 0.15) is 5.60 Å². The molecule has 0 saturated carbocycles. The van der Waals surface area contributed by atoms with E-state index in [0.717, 1.165) is 18.5 Å². The van der Waals surface area contributed by atoms with E-state index in [-0.39, 0.29) is 7.05 Å². The number of benzene rings is 1.